The Bertz CT molecular complexity index is 2120. The van der Waals surface area contributed by atoms with Gasteiger partial charge in [-0.2, -0.15) is 0 Å². The SMILES string of the molecule is c1ccc(-c2ccc(N(c3ccccc3)c3ccc4sc5ccccc5c4c3)c3sc4ccccc4c23)cc1. The third-order valence-electron chi connectivity index (χ3n) is 7.46. The zero-order chi connectivity index (χ0) is 25.8. The Morgan fingerprint density at radius 2 is 1.08 bits per heavy atom. The first-order chi connectivity index (χ1) is 19.3. The van der Waals surface area contributed by atoms with E-state index in [1.54, 1.807) is 0 Å². The van der Waals surface area contributed by atoms with Crippen LogP contribution in [0.15, 0.2) is 140 Å². The van der Waals surface area contributed by atoms with Crippen LogP contribution in [0.1, 0.15) is 0 Å². The van der Waals surface area contributed by atoms with Gasteiger partial charge in [0.1, 0.15) is 0 Å². The summed E-state index contributed by atoms with van der Waals surface area (Å²) in [7, 11) is 0. The smallest absolute Gasteiger partial charge is 0.0640 e. The molecule has 0 fully saturated rings. The molecule has 6 aromatic carbocycles. The molecule has 3 heteroatoms. The highest BCUT2D eigenvalue weighted by Crippen LogP contribution is 2.48. The molecule has 0 aliphatic heterocycles. The van der Waals surface area contributed by atoms with Crippen molar-refractivity contribution in [2.75, 3.05) is 4.90 Å². The van der Waals surface area contributed by atoms with Gasteiger partial charge < -0.3 is 4.90 Å². The van der Waals surface area contributed by atoms with Crippen LogP contribution in [0.4, 0.5) is 17.1 Å². The van der Waals surface area contributed by atoms with Crippen molar-refractivity contribution in [1.29, 1.82) is 0 Å². The van der Waals surface area contributed by atoms with E-state index in [0.717, 1.165) is 5.69 Å². The molecule has 0 saturated carbocycles. The van der Waals surface area contributed by atoms with Crippen molar-refractivity contribution in [2.45, 2.75) is 0 Å². The molecule has 8 rings (SSSR count). The first-order valence-electron chi connectivity index (χ1n) is 13.1. The van der Waals surface area contributed by atoms with Gasteiger partial charge in [-0.15, -0.1) is 22.7 Å². The molecule has 39 heavy (non-hydrogen) atoms. The van der Waals surface area contributed by atoms with E-state index >= 15 is 0 Å². The van der Waals surface area contributed by atoms with E-state index in [9.17, 15) is 0 Å². The molecule has 0 N–H and O–H groups in total. The Labute approximate surface area is 234 Å². The van der Waals surface area contributed by atoms with E-state index in [0.29, 0.717) is 0 Å². The summed E-state index contributed by atoms with van der Waals surface area (Å²) in [6, 6.07) is 50.6. The van der Waals surface area contributed by atoms with Gasteiger partial charge in [-0.3, -0.25) is 0 Å². The topological polar surface area (TPSA) is 3.24 Å². The Morgan fingerprint density at radius 3 is 1.87 bits per heavy atom. The molecule has 0 radical (unpaired) electrons. The lowest BCUT2D eigenvalue weighted by atomic mass is 9.98. The predicted octanol–water partition coefficient (Wildman–Crippen LogP) is 11.6. The summed E-state index contributed by atoms with van der Waals surface area (Å²) in [6.07, 6.45) is 0. The first-order valence-corrected chi connectivity index (χ1v) is 14.7. The van der Waals surface area contributed by atoms with Gasteiger partial charge in [0.25, 0.3) is 0 Å². The summed E-state index contributed by atoms with van der Waals surface area (Å²) in [5.41, 5.74) is 6.05. The van der Waals surface area contributed by atoms with Crippen molar-refractivity contribution >= 4 is 80.1 Å². The van der Waals surface area contributed by atoms with Crippen molar-refractivity contribution in [3.63, 3.8) is 0 Å². The van der Waals surface area contributed by atoms with Gasteiger partial charge in [0, 0.05) is 47.0 Å². The molecule has 2 aromatic heterocycles. The fraction of sp³-hybridized carbons (Fsp3) is 0. The average Bonchev–Trinajstić information content (AvgIpc) is 3.57. The quantitative estimate of drug-likeness (QED) is 0.217. The maximum Gasteiger partial charge on any atom is 0.0640 e. The minimum Gasteiger partial charge on any atom is -0.309 e. The largest absolute Gasteiger partial charge is 0.309 e. The highest BCUT2D eigenvalue weighted by molar-refractivity contribution is 7.26. The number of rotatable bonds is 4. The summed E-state index contributed by atoms with van der Waals surface area (Å²) < 4.78 is 5.26. The second-order valence-electron chi connectivity index (χ2n) is 9.75. The molecule has 8 aromatic rings. The van der Waals surface area contributed by atoms with Crippen LogP contribution in [0, 0.1) is 0 Å². The normalized spacial score (nSPS) is 11.6. The first kappa shape index (κ1) is 22.5. The highest BCUT2D eigenvalue weighted by Gasteiger charge is 2.21. The molecule has 0 saturated heterocycles. The van der Waals surface area contributed by atoms with E-state index in [1.807, 2.05) is 22.7 Å². The van der Waals surface area contributed by atoms with Crippen LogP contribution in [0.2, 0.25) is 0 Å². The van der Waals surface area contributed by atoms with Crippen LogP contribution >= 0.6 is 22.7 Å². The van der Waals surface area contributed by atoms with Crippen LogP contribution in [-0.4, -0.2) is 0 Å². The zero-order valence-electron chi connectivity index (χ0n) is 21.0. The second-order valence-corrected chi connectivity index (χ2v) is 11.9. The molecule has 1 nitrogen and oxygen atoms in total. The van der Waals surface area contributed by atoms with Crippen molar-refractivity contribution in [1.82, 2.24) is 0 Å². The van der Waals surface area contributed by atoms with Gasteiger partial charge in [0.15, 0.2) is 0 Å². The van der Waals surface area contributed by atoms with Crippen molar-refractivity contribution < 1.29 is 0 Å². The lowest BCUT2D eigenvalue weighted by Crippen LogP contribution is -2.10. The fourth-order valence-corrected chi connectivity index (χ4v) is 8.03. The molecule has 0 unspecified atom stereocenters. The molecule has 2 heterocycles. The van der Waals surface area contributed by atoms with E-state index in [1.165, 1.54) is 62.8 Å². The number of para-hydroxylation sites is 1. The van der Waals surface area contributed by atoms with E-state index in [2.05, 4.69) is 144 Å². The van der Waals surface area contributed by atoms with Gasteiger partial charge in [-0.1, -0.05) is 91.0 Å². The number of nitrogens with zero attached hydrogens (tertiary/aromatic N) is 1. The Kier molecular flexibility index (Phi) is 5.25. The molecule has 184 valence electrons. The van der Waals surface area contributed by atoms with Gasteiger partial charge in [0.05, 0.1) is 10.4 Å². The van der Waals surface area contributed by atoms with Crippen LogP contribution in [0.5, 0.6) is 0 Å². The number of fused-ring (bicyclic) bond motifs is 6. The van der Waals surface area contributed by atoms with Crippen LogP contribution in [0.25, 0.3) is 51.5 Å². The summed E-state index contributed by atoms with van der Waals surface area (Å²) in [5, 5.41) is 5.26. The number of benzene rings is 6. The monoisotopic (exact) mass is 533 g/mol. The van der Waals surface area contributed by atoms with Gasteiger partial charge in [-0.05, 0) is 59.7 Å². The molecular formula is C36H23NS2. The third-order valence-corrected chi connectivity index (χ3v) is 9.81. The molecule has 0 aliphatic rings. The minimum atomic E-state index is 1.16. The predicted molar refractivity (Wildman–Crippen MR) is 172 cm³/mol. The molecule has 0 spiro atoms. The van der Waals surface area contributed by atoms with Crippen LogP contribution < -0.4 is 4.90 Å². The zero-order valence-corrected chi connectivity index (χ0v) is 22.7. The molecule has 0 amide bonds. The van der Waals surface area contributed by atoms with Crippen LogP contribution in [0.3, 0.4) is 0 Å². The molecule has 0 bridgehead atoms. The molecule has 0 atom stereocenters. The van der Waals surface area contributed by atoms with Crippen molar-refractivity contribution in [3.8, 4) is 11.1 Å². The maximum atomic E-state index is 2.43. The minimum absolute atomic E-state index is 1.16. The summed E-state index contributed by atoms with van der Waals surface area (Å²) >= 11 is 3.75. The van der Waals surface area contributed by atoms with Gasteiger partial charge >= 0.3 is 0 Å². The lowest BCUT2D eigenvalue weighted by molar-refractivity contribution is 1.31. The van der Waals surface area contributed by atoms with Gasteiger partial charge in [-0.25, -0.2) is 0 Å². The Hall–Kier alpha value is -4.44. The van der Waals surface area contributed by atoms with Crippen molar-refractivity contribution in [3.05, 3.63) is 140 Å². The summed E-state index contributed by atoms with van der Waals surface area (Å²) in [4.78, 5) is 2.43. The Balaban J connectivity index is 1.44. The summed E-state index contributed by atoms with van der Waals surface area (Å²) in [5.74, 6) is 0. The number of hydrogen-bond donors (Lipinski definition) is 0. The summed E-state index contributed by atoms with van der Waals surface area (Å²) in [6.45, 7) is 0. The second kappa shape index (κ2) is 9.09. The van der Waals surface area contributed by atoms with E-state index < -0.39 is 0 Å². The fourth-order valence-electron chi connectivity index (χ4n) is 5.71. The standard InChI is InChI=1S/C36H23NS2/c1-3-11-24(12-4-1)27-20-21-31(36-35(27)29-16-8-10-18-33(29)39-36)37(25-13-5-2-6-14-25)26-19-22-34-30(23-26)28-15-7-9-17-32(28)38-34/h1-23H. The third kappa shape index (κ3) is 3.66. The van der Waals surface area contributed by atoms with E-state index in [-0.39, 0.29) is 0 Å². The van der Waals surface area contributed by atoms with Gasteiger partial charge in [0.2, 0.25) is 0 Å². The number of anilines is 3. The highest BCUT2D eigenvalue weighted by atomic mass is 32.1. The maximum absolute atomic E-state index is 2.43. The number of hydrogen-bond acceptors (Lipinski definition) is 3. The molecule has 0 aliphatic carbocycles. The lowest BCUT2D eigenvalue weighted by Gasteiger charge is -2.26. The molecular weight excluding hydrogens is 511 g/mol. The van der Waals surface area contributed by atoms with Crippen LogP contribution in [-0.2, 0) is 0 Å². The van der Waals surface area contributed by atoms with E-state index in [4.69, 9.17) is 0 Å². The Morgan fingerprint density at radius 1 is 0.436 bits per heavy atom. The number of thiophene rings is 2. The van der Waals surface area contributed by atoms with Crippen molar-refractivity contribution in [2.24, 2.45) is 0 Å². The average molecular weight is 534 g/mol.